The summed E-state index contributed by atoms with van der Waals surface area (Å²) in [4.78, 5) is 129. The number of aliphatic carboxylic acids is 2. The fourth-order valence-electron chi connectivity index (χ4n) is 6.44. The van der Waals surface area contributed by atoms with Gasteiger partial charge in [0.2, 0.25) is 47.3 Å². The number of rotatable bonds is 20. The zero-order valence-electron chi connectivity index (χ0n) is 30.6. The summed E-state index contributed by atoms with van der Waals surface area (Å²) in [5.41, 5.74) is 16.7. The molecule has 2 aliphatic heterocycles. The van der Waals surface area contributed by atoms with Gasteiger partial charge in [-0.05, 0) is 43.4 Å². The van der Waals surface area contributed by atoms with Crippen LogP contribution in [0.2, 0.25) is 0 Å². The van der Waals surface area contributed by atoms with E-state index in [2.05, 4.69) is 21.3 Å². The largest absolute Gasteiger partial charge is 0.508 e. The lowest BCUT2D eigenvalue weighted by atomic mass is 10.0. The highest BCUT2D eigenvalue weighted by atomic mass is 16.4. The van der Waals surface area contributed by atoms with Crippen molar-refractivity contribution in [3.8, 4) is 5.75 Å². The molecule has 2 saturated heterocycles. The first kappa shape index (κ1) is 45.0. The lowest BCUT2D eigenvalue weighted by molar-refractivity contribution is -0.150. The number of carboxylic acids is 2. The fraction of sp³-hybridized carbons (Fsp3) is 0.529. The third kappa shape index (κ3) is 12.8. The number of carbonyl (C=O) groups is 10. The number of hydrogen-bond acceptors (Lipinski definition) is 13. The van der Waals surface area contributed by atoms with E-state index in [0.29, 0.717) is 12.0 Å². The molecule has 57 heavy (non-hydrogen) atoms. The van der Waals surface area contributed by atoms with Crippen molar-refractivity contribution in [2.45, 2.75) is 93.7 Å². The zero-order chi connectivity index (χ0) is 42.6. The standard InChI is InChI=1S/C34H47N9O14/c35-18(12-27(48)49)28(50)38-19(11-16-5-7-17(45)8-6-16)29(51)39-20(13-25(36)46)32(54)42-9-1-3-23(42)31(53)41-22(15-44)30(52)40-21(14-26(37)47)33(55)43-10-2-4-24(43)34(56)57/h5-8,18-24,44-45H,1-4,9-15,35H2,(H2,36,46)(H2,37,47)(H,38,50)(H,39,51)(H,40,52)(H,41,53)(H,48,49)(H,56,57)/t18-,19-,20-,21-,22-,23-,24-/m0/s1. The summed E-state index contributed by atoms with van der Waals surface area (Å²) < 4.78 is 0. The molecule has 0 spiro atoms. The summed E-state index contributed by atoms with van der Waals surface area (Å²) >= 11 is 0. The van der Waals surface area contributed by atoms with Crippen molar-refractivity contribution in [2.75, 3.05) is 19.7 Å². The number of carbonyl (C=O) groups excluding carboxylic acids is 8. The summed E-state index contributed by atoms with van der Waals surface area (Å²) in [6.07, 6.45) is -1.81. The van der Waals surface area contributed by atoms with E-state index >= 15 is 0 Å². The molecular formula is C34H47N9O14. The smallest absolute Gasteiger partial charge is 0.326 e. The van der Waals surface area contributed by atoms with Gasteiger partial charge in [0.05, 0.1) is 31.9 Å². The Kier molecular flexibility index (Phi) is 16.2. The van der Waals surface area contributed by atoms with Gasteiger partial charge in [0.15, 0.2) is 0 Å². The summed E-state index contributed by atoms with van der Waals surface area (Å²) in [5, 5.41) is 47.4. The van der Waals surface area contributed by atoms with Gasteiger partial charge in [-0.3, -0.25) is 43.2 Å². The maximum Gasteiger partial charge on any atom is 0.326 e. The Hall–Kier alpha value is -6.36. The van der Waals surface area contributed by atoms with E-state index in [-0.39, 0.29) is 44.5 Å². The molecule has 0 radical (unpaired) electrons. The number of aliphatic hydroxyl groups is 1. The van der Waals surface area contributed by atoms with Crippen LogP contribution in [0.1, 0.15) is 50.5 Å². The summed E-state index contributed by atoms with van der Waals surface area (Å²) in [5.74, 6) is -10.9. The van der Waals surface area contributed by atoms with Crippen molar-refractivity contribution in [1.82, 2.24) is 31.1 Å². The number of carboxylic acid groups (broad SMARTS) is 2. The van der Waals surface area contributed by atoms with Crippen molar-refractivity contribution >= 4 is 59.2 Å². The Labute approximate surface area is 324 Å². The SMILES string of the molecule is NC(=O)C[C@H](NC(=O)[C@H](CO)NC(=O)[C@@H]1CCCN1C(=O)[C@H](CC(N)=O)NC(=O)[C@H](Cc1ccc(O)cc1)NC(=O)[C@@H](N)CC(=O)O)C(=O)N1CCC[C@H]1C(=O)O. The van der Waals surface area contributed by atoms with E-state index < -0.39 is 127 Å². The number of aromatic hydroxyl groups is 1. The Morgan fingerprint density at radius 2 is 1.14 bits per heavy atom. The van der Waals surface area contributed by atoms with Crippen LogP contribution >= 0.6 is 0 Å². The minimum absolute atomic E-state index is 0.0178. The maximum atomic E-state index is 13.9. The first-order valence-electron chi connectivity index (χ1n) is 17.8. The van der Waals surface area contributed by atoms with E-state index in [1.807, 2.05) is 0 Å². The van der Waals surface area contributed by atoms with Crippen LogP contribution in [0.3, 0.4) is 0 Å². The average molecular weight is 806 g/mol. The van der Waals surface area contributed by atoms with Crippen LogP contribution in [-0.2, 0) is 54.4 Å². The van der Waals surface area contributed by atoms with Crippen LogP contribution in [0.25, 0.3) is 0 Å². The number of likely N-dealkylation sites (tertiary alicyclic amines) is 2. The molecule has 0 unspecified atom stereocenters. The lowest BCUT2D eigenvalue weighted by Crippen LogP contribution is -2.60. The highest BCUT2D eigenvalue weighted by Gasteiger charge is 2.42. The van der Waals surface area contributed by atoms with E-state index in [1.54, 1.807) is 0 Å². The van der Waals surface area contributed by atoms with Gasteiger partial charge in [-0.15, -0.1) is 0 Å². The van der Waals surface area contributed by atoms with Crippen LogP contribution in [-0.4, -0.2) is 151 Å². The average Bonchev–Trinajstić information content (AvgIpc) is 3.84. The minimum atomic E-state index is -1.75. The number of benzene rings is 1. The van der Waals surface area contributed by atoms with Crippen molar-refractivity contribution < 1.29 is 68.4 Å². The first-order valence-corrected chi connectivity index (χ1v) is 17.8. The van der Waals surface area contributed by atoms with Gasteiger partial charge in [-0.2, -0.15) is 0 Å². The molecule has 0 aliphatic carbocycles. The molecular weight excluding hydrogens is 758 g/mol. The molecule has 2 heterocycles. The Balaban J connectivity index is 1.78. The quantitative estimate of drug-likeness (QED) is 0.0586. The second kappa shape index (κ2) is 20.5. The molecule has 14 N–H and O–H groups in total. The Morgan fingerprint density at radius 1 is 0.667 bits per heavy atom. The van der Waals surface area contributed by atoms with Crippen LogP contribution in [0.4, 0.5) is 0 Å². The predicted octanol–water partition coefficient (Wildman–Crippen LogP) is -5.51. The minimum Gasteiger partial charge on any atom is -0.508 e. The number of nitrogens with two attached hydrogens (primary N) is 3. The van der Waals surface area contributed by atoms with Crippen LogP contribution in [0.15, 0.2) is 24.3 Å². The number of phenols is 1. The normalized spacial score (nSPS) is 18.9. The van der Waals surface area contributed by atoms with Crippen LogP contribution < -0.4 is 38.5 Å². The van der Waals surface area contributed by atoms with Crippen molar-refractivity contribution in [3.63, 3.8) is 0 Å². The third-order valence-electron chi connectivity index (χ3n) is 9.26. The van der Waals surface area contributed by atoms with E-state index in [0.717, 1.165) is 9.80 Å². The molecule has 1 aromatic rings. The van der Waals surface area contributed by atoms with E-state index in [1.165, 1.54) is 24.3 Å². The summed E-state index contributed by atoms with van der Waals surface area (Å²) in [7, 11) is 0. The molecule has 7 atom stereocenters. The van der Waals surface area contributed by atoms with Crippen LogP contribution in [0.5, 0.6) is 5.75 Å². The van der Waals surface area contributed by atoms with E-state index in [4.69, 9.17) is 22.3 Å². The van der Waals surface area contributed by atoms with Gasteiger partial charge in [0, 0.05) is 19.5 Å². The van der Waals surface area contributed by atoms with Crippen LogP contribution in [0, 0.1) is 0 Å². The van der Waals surface area contributed by atoms with Gasteiger partial charge in [-0.25, -0.2) is 4.79 Å². The molecule has 23 heteroatoms. The molecule has 3 rings (SSSR count). The number of amides is 8. The molecule has 23 nitrogen and oxygen atoms in total. The number of hydrogen-bond donors (Lipinski definition) is 11. The Bertz CT molecular complexity index is 1720. The Morgan fingerprint density at radius 3 is 1.61 bits per heavy atom. The highest BCUT2D eigenvalue weighted by Crippen LogP contribution is 2.21. The molecule has 0 aromatic heterocycles. The summed E-state index contributed by atoms with van der Waals surface area (Å²) in [6, 6.07) is -5.24. The van der Waals surface area contributed by atoms with Crippen molar-refractivity contribution in [3.05, 3.63) is 29.8 Å². The van der Waals surface area contributed by atoms with Gasteiger partial charge < -0.3 is 68.7 Å². The predicted molar refractivity (Wildman–Crippen MR) is 192 cm³/mol. The molecule has 2 fully saturated rings. The molecule has 8 amide bonds. The number of nitrogens with one attached hydrogen (secondary N) is 4. The zero-order valence-corrected chi connectivity index (χ0v) is 30.6. The summed E-state index contributed by atoms with van der Waals surface area (Å²) in [6.45, 7) is -1.08. The van der Waals surface area contributed by atoms with Crippen molar-refractivity contribution in [1.29, 1.82) is 0 Å². The lowest BCUT2D eigenvalue weighted by Gasteiger charge is -2.31. The molecule has 0 bridgehead atoms. The van der Waals surface area contributed by atoms with Gasteiger partial charge >= 0.3 is 11.9 Å². The van der Waals surface area contributed by atoms with Gasteiger partial charge in [-0.1, -0.05) is 12.1 Å². The number of nitrogens with zero attached hydrogens (tertiary/aromatic N) is 2. The fourth-order valence-corrected chi connectivity index (χ4v) is 6.44. The van der Waals surface area contributed by atoms with Gasteiger partial charge in [0.25, 0.3) is 0 Å². The number of primary amides is 2. The topological polar surface area (TPSA) is 384 Å². The van der Waals surface area contributed by atoms with Crippen molar-refractivity contribution in [2.24, 2.45) is 17.2 Å². The van der Waals surface area contributed by atoms with Gasteiger partial charge in [0.1, 0.15) is 42.0 Å². The number of aliphatic hydroxyl groups excluding tert-OH is 1. The molecule has 312 valence electrons. The first-order chi connectivity index (χ1) is 26.8. The monoisotopic (exact) mass is 805 g/mol. The maximum absolute atomic E-state index is 13.9. The highest BCUT2D eigenvalue weighted by molar-refractivity contribution is 5.99. The molecule has 1 aromatic carbocycles. The second-order valence-electron chi connectivity index (χ2n) is 13.6. The third-order valence-corrected chi connectivity index (χ3v) is 9.26. The molecule has 0 saturated carbocycles. The number of phenolic OH excluding ortho intramolecular Hbond substituents is 1. The second-order valence-corrected chi connectivity index (χ2v) is 13.6. The van der Waals surface area contributed by atoms with E-state index in [9.17, 15) is 63.3 Å². The molecule has 2 aliphatic rings.